The van der Waals surface area contributed by atoms with Crippen LogP contribution in [0.2, 0.25) is 0 Å². The Morgan fingerprint density at radius 1 is 0.357 bits per heavy atom. The van der Waals surface area contributed by atoms with Crippen LogP contribution in [-0.2, 0) is 4.79 Å². The highest BCUT2D eigenvalue weighted by molar-refractivity contribution is 5.76. The van der Waals surface area contributed by atoms with Gasteiger partial charge < -0.3 is 15.5 Å². The number of hydrogen-bond acceptors (Lipinski definition) is 3. The second-order valence-corrected chi connectivity index (χ2v) is 20.0. The second kappa shape index (κ2) is 60.4. The Labute approximate surface area is 436 Å². The van der Waals surface area contributed by atoms with Gasteiger partial charge in [-0.3, -0.25) is 4.79 Å². The molecule has 0 saturated heterocycles. The molecule has 3 N–H and O–H groups in total. The minimum absolute atomic E-state index is 0.0803. The Balaban J connectivity index is 3.59. The number of hydrogen-bond donors (Lipinski definition) is 3. The molecule has 0 aliphatic heterocycles. The Kier molecular flexibility index (Phi) is 57.8. The molecule has 0 aromatic heterocycles. The van der Waals surface area contributed by atoms with Crippen molar-refractivity contribution in [2.45, 2.75) is 296 Å². The first kappa shape index (κ1) is 67.0. The van der Waals surface area contributed by atoms with Gasteiger partial charge in [-0.25, -0.2) is 0 Å². The van der Waals surface area contributed by atoms with E-state index in [1.165, 1.54) is 173 Å². The number of carbonyl (C=O) groups excluding carboxylic acids is 1. The number of nitrogens with one attached hydrogen (secondary N) is 1. The summed E-state index contributed by atoms with van der Waals surface area (Å²) in [6, 6.07) is -0.640. The van der Waals surface area contributed by atoms with Crippen LogP contribution >= 0.6 is 0 Å². The third-order valence-corrected chi connectivity index (χ3v) is 13.3. The summed E-state index contributed by atoms with van der Waals surface area (Å²) in [6.45, 7) is 4.20. The van der Waals surface area contributed by atoms with Gasteiger partial charge in [-0.1, -0.05) is 303 Å². The summed E-state index contributed by atoms with van der Waals surface area (Å²) in [7, 11) is 0. The number of aliphatic hydroxyl groups is 2. The van der Waals surface area contributed by atoms with Crippen LogP contribution < -0.4 is 5.32 Å². The highest BCUT2D eigenvalue weighted by Crippen LogP contribution is 2.17. The van der Waals surface area contributed by atoms with E-state index >= 15 is 0 Å². The molecule has 0 rings (SSSR count). The molecule has 2 atom stereocenters. The lowest BCUT2D eigenvalue weighted by molar-refractivity contribution is -0.123. The fourth-order valence-corrected chi connectivity index (χ4v) is 8.73. The molecule has 0 aliphatic rings. The zero-order valence-corrected chi connectivity index (χ0v) is 46.3. The maximum atomic E-state index is 12.5. The van der Waals surface area contributed by atoms with Crippen molar-refractivity contribution in [3.63, 3.8) is 0 Å². The summed E-state index contributed by atoms with van der Waals surface area (Å²) in [5.74, 6) is -0.0803. The first-order valence-corrected chi connectivity index (χ1v) is 30.1. The molecule has 2 unspecified atom stereocenters. The number of aliphatic hydroxyl groups excluding tert-OH is 2. The summed E-state index contributed by atoms with van der Waals surface area (Å²) >= 11 is 0. The van der Waals surface area contributed by atoms with Crippen molar-refractivity contribution in [3.8, 4) is 0 Å². The van der Waals surface area contributed by atoms with Gasteiger partial charge in [0.05, 0.1) is 18.8 Å². The Morgan fingerprint density at radius 2 is 0.629 bits per heavy atom. The molecule has 1 amide bonds. The van der Waals surface area contributed by atoms with Crippen LogP contribution in [0.15, 0.2) is 109 Å². The third-order valence-electron chi connectivity index (χ3n) is 13.3. The normalized spacial score (nSPS) is 13.6. The average molecular weight is 971 g/mol. The predicted molar refractivity (Wildman–Crippen MR) is 313 cm³/mol. The second-order valence-electron chi connectivity index (χ2n) is 20.0. The zero-order valence-electron chi connectivity index (χ0n) is 46.3. The van der Waals surface area contributed by atoms with E-state index in [4.69, 9.17) is 0 Å². The van der Waals surface area contributed by atoms with E-state index in [2.05, 4.69) is 116 Å². The fraction of sp³-hybridized carbons (Fsp3) is 0.712. The van der Waals surface area contributed by atoms with Crippen LogP contribution in [-0.4, -0.2) is 34.9 Å². The molecule has 4 heteroatoms. The zero-order chi connectivity index (χ0) is 50.6. The molecule has 0 aliphatic carbocycles. The van der Waals surface area contributed by atoms with Gasteiger partial charge in [-0.2, -0.15) is 0 Å². The summed E-state index contributed by atoms with van der Waals surface area (Å²) in [5, 5.41) is 23.2. The number of allylic oxidation sites excluding steroid dienone is 17. The lowest BCUT2D eigenvalue weighted by Gasteiger charge is -2.20. The fourth-order valence-electron chi connectivity index (χ4n) is 8.73. The highest BCUT2D eigenvalue weighted by atomic mass is 16.3. The molecule has 70 heavy (non-hydrogen) atoms. The molecule has 402 valence electrons. The Hall–Kier alpha value is -2.95. The molecule has 0 fully saturated rings. The SMILES string of the molecule is CC/C=C\C/C=C\C/C=C\C/C=C\C/C=C\C/C=C\C/C=C\C/C=C\CCCCCCCCC(=O)NC(CO)C(O)/C=C/CCCCCCCCCCCCCCCCCCCCCCCCCCC. The van der Waals surface area contributed by atoms with E-state index in [9.17, 15) is 15.0 Å². The van der Waals surface area contributed by atoms with Crippen molar-refractivity contribution < 1.29 is 15.0 Å². The van der Waals surface area contributed by atoms with Crippen molar-refractivity contribution in [1.82, 2.24) is 5.32 Å². The van der Waals surface area contributed by atoms with Crippen molar-refractivity contribution >= 4 is 5.91 Å². The monoisotopic (exact) mass is 970 g/mol. The molecule has 0 aromatic carbocycles. The minimum Gasteiger partial charge on any atom is -0.394 e. The first-order chi connectivity index (χ1) is 34.7. The predicted octanol–water partition coefficient (Wildman–Crippen LogP) is 20.3. The molecule has 4 nitrogen and oxygen atoms in total. The molecule has 0 radical (unpaired) electrons. The van der Waals surface area contributed by atoms with Crippen molar-refractivity contribution in [2.75, 3.05) is 6.61 Å². The number of rotatable bonds is 54. The van der Waals surface area contributed by atoms with Crippen molar-refractivity contribution in [1.29, 1.82) is 0 Å². The summed E-state index contributed by atoms with van der Waals surface area (Å²) in [4.78, 5) is 12.5. The van der Waals surface area contributed by atoms with Crippen LogP contribution in [0.4, 0.5) is 0 Å². The van der Waals surface area contributed by atoms with Crippen molar-refractivity contribution in [3.05, 3.63) is 109 Å². The van der Waals surface area contributed by atoms with E-state index in [1.54, 1.807) is 6.08 Å². The largest absolute Gasteiger partial charge is 0.394 e. The summed E-state index contributed by atoms with van der Waals surface area (Å²) < 4.78 is 0. The number of carbonyl (C=O) groups is 1. The molecule has 0 bridgehead atoms. The highest BCUT2D eigenvalue weighted by Gasteiger charge is 2.18. The van der Waals surface area contributed by atoms with Crippen LogP contribution in [0.5, 0.6) is 0 Å². The van der Waals surface area contributed by atoms with Crippen LogP contribution in [0.25, 0.3) is 0 Å². The molecule has 0 saturated carbocycles. The van der Waals surface area contributed by atoms with Gasteiger partial charge in [0.25, 0.3) is 0 Å². The van der Waals surface area contributed by atoms with Gasteiger partial charge in [0, 0.05) is 6.42 Å². The maximum Gasteiger partial charge on any atom is 0.220 e. The molecular weight excluding hydrogens is 855 g/mol. The maximum absolute atomic E-state index is 12.5. The van der Waals surface area contributed by atoms with Gasteiger partial charge >= 0.3 is 0 Å². The van der Waals surface area contributed by atoms with Gasteiger partial charge in [-0.15, -0.1) is 0 Å². The van der Waals surface area contributed by atoms with Gasteiger partial charge in [0.1, 0.15) is 0 Å². The minimum atomic E-state index is -0.855. The number of amides is 1. The number of unbranched alkanes of at least 4 members (excludes halogenated alkanes) is 31. The van der Waals surface area contributed by atoms with Gasteiger partial charge in [0.2, 0.25) is 5.91 Å². The lowest BCUT2D eigenvalue weighted by atomic mass is 10.0. The quantitative estimate of drug-likeness (QED) is 0.0420. The van der Waals surface area contributed by atoms with E-state index in [1.807, 2.05) is 6.08 Å². The Morgan fingerprint density at radius 3 is 0.943 bits per heavy atom. The lowest BCUT2D eigenvalue weighted by Crippen LogP contribution is -2.45. The van der Waals surface area contributed by atoms with Gasteiger partial charge in [-0.05, 0) is 83.5 Å². The first-order valence-electron chi connectivity index (χ1n) is 30.1. The Bertz CT molecular complexity index is 1330. The molecule has 0 aromatic rings. The molecule has 0 heterocycles. The standard InChI is InChI=1S/C66H115NO3/c1-3-5-7-9-11-13-15-17-19-21-23-25-27-29-31-32-33-34-36-38-40-42-44-46-48-50-52-54-56-58-60-62-66(70)67-64(63-68)65(69)61-59-57-55-53-51-49-47-45-43-41-39-37-35-30-28-26-24-22-20-18-16-14-12-10-8-6-4-2/h5,7,11,13,17,19,23,25,29,31,33-34,38,40,44,46,59,61,64-65,68-69H,3-4,6,8-10,12,14-16,18,20-22,24,26-28,30,32,35-37,39,41-43,45,47-58,60,62-63H2,1-2H3,(H,67,70)/b7-5-,13-11-,19-17-,25-23-,31-29-,34-33-,40-38-,46-44-,61-59+. The smallest absolute Gasteiger partial charge is 0.220 e. The van der Waals surface area contributed by atoms with E-state index < -0.39 is 12.1 Å². The van der Waals surface area contributed by atoms with E-state index in [0.29, 0.717) is 6.42 Å². The molecule has 0 spiro atoms. The van der Waals surface area contributed by atoms with Gasteiger partial charge in [0.15, 0.2) is 0 Å². The van der Waals surface area contributed by atoms with E-state index in [0.717, 1.165) is 89.9 Å². The third kappa shape index (κ3) is 56.0. The average Bonchev–Trinajstić information content (AvgIpc) is 3.36. The summed E-state index contributed by atoms with van der Waals surface area (Å²) in [6.07, 6.45) is 91.1. The van der Waals surface area contributed by atoms with Crippen molar-refractivity contribution in [2.24, 2.45) is 0 Å². The van der Waals surface area contributed by atoms with E-state index in [-0.39, 0.29) is 12.5 Å². The van der Waals surface area contributed by atoms with Crippen LogP contribution in [0, 0.1) is 0 Å². The molecular formula is C66H115NO3. The summed E-state index contributed by atoms with van der Waals surface area (Å²) in [5.41, 5.74) is 0. The van der Waals surface area contributed by atoms with Crippen LogP contribution in [0.1, 0.15) is 284 Å². The van der Waals surface area contributed by atoms with Crippen LogP contribution in [0.3, 0.4) is 0 Å². The topological polar surface area (TPSA) is 69.6 Å².